The molecule has 0 aliphatic rings. The lowest BCUT2D eigenvalue weighted by atomic mass is 10.1. The highest BCUT2D eigenvalue weighted by Crippen LogP contribution is 2.36. The number of anilines is 1. The number of hydrogen-bond acceptors (Lipinski definition) is 7. The number of amides is 1. The van der Waals surface area contributed by atoms with Crippen molar-refractivity contribution in [2.45, 2.75) is 0 Å². The summed E-state index contributed by atoms with van der Waals surface area (Å²) in [6.45, 7) is 0. The summed E-state index contributed by atoms with van der Waals surface area (Å²) in [7, 11) is 2.43. The second-order valence-electron chi connectivity index (χ2n) is 6.08. The molecule has 0 saturated heterocycles. The van der Waals surface area contributed by atoms with E-state index in [-0.39, 0.29) is 31.8 Å². The van der Waals surface area contributed by atoms with Gasteiger partial charge in [0.05, 0.1) is 30.4 Å². The Hall–Kier alpha value is -2.72. The fourth-order valence-electron chi connectivity index (χ4n) is 2.68. The Morgan fingerprint density at radius 2 is 1.58 bits per heavy atom. The molecule has 3 rings (SSSR count). The van der Waals surface area contributed by atoms with Crippen molar-refractivity contribution < 1.29 is 23.9 Å². The number of methoxy groups -OCH3 is 2. The van der Waals surface area contributed by atoms with Gasteiger partial charge in [-0.25, -0.2) is 9.59 Å². The van der Waals surface area contributed by atoms with Crippen LogP contribution in [0.25, 0.3) is 10.1 Å². The third kappa shape index (κ3) is 5.13. The number of rotatable bonds is 4. The van der Waals surface area contributed by atoms with Gasteiger partial charge in [-0.05, 0) is 42.5 Å². The number of nitrogens with one attached hydrogen (secondary N) is 2. The first kappa shape index (κ1) is 23.0. The summed E-state index contributed by atoms with van der Waals surface area (Å²) in [6.07, 6.45) is 0. The summed E-state index contributed by atoms with van der Waals surface area (Å²) in [5.41, 5.74) is 0.487. The maximum Gasteiger partial charge on any atom is 0.337 e. The Morgan fingerprint density at radius 1 is 0.968 bits per heavy atom. The van der Waals surface area contributed by atoms with Gasteiger partial charge in [-0.1, -0.05) is 29.3 Å². The average molecular weight is 497 g/mol. The molecule has 0 radical (unpaired) electrons. The Labute approximate surface area is 196 Å². The number of ether oxygens (including phenoxy) is 2. The van der Waals surface area contributed by atoms with E-state index in [1.54, 1.807) is 18.2 Å². The molecule has 160 valence electrons. The fourth-order valence-corrected chi connectivity index (χ4v) is 4.58. The van der Waals surface area contributed by atoms with Crippen LogP contribution in [0.15, 0.2) is 36.4 Å². The van der Waals surface area contributed by atoms with Crippen LogP contribution >= 0.6 is 46.8 Å². The molecular formula is C20H14Cl2N2O5S2. The highest BCUT2D eigenvalue weighted by atomic mass is 35.5. The van der Waals surface area contributed by atoms with Gasteiger partial charge in [0.2, 0.25) is 0 Å². The summed E-state index contributed by atoms with van der Waals surface area (Å²) in [5, 5.41) is 6.76. The van der Waals surface area contributed by atoms with E-state index >= 15 is 0 Å². The average Bonchev–Trinajstić information content (AvgIpc) is 3.07. The second-order valence-corrected chi connectivity index (χ2v) is 8.35. The van der Waals surface area contributed by atoms with E-state index in [9.17, 15) is 14.4 Å². The minimum Gasteiger partial charge on any atom is -0.465 e. The fraction of sp³-hybridized carbons (Fsp3) is 0.100. The summed E-state index contributed by atoms with van der Waals surface area (Å²) in [5.74, 6) is -1.82. The van der Waals surface area contributed by atoms with Crippen molar-refractivity contribution in [2.75, 3.05) is 19.5 Å². The van der Waals surface area contributed by atoms with Crippen molar-refractivity contribution >= 4 is 85.5 Å². The van der Waals surface area contributed by atoms with Crippen molar-refractivity contribution in [3.8, 4) is 0 Å². The third-order valence-electron chi connectivity index (χ3n) is 4.06. The van der Waals surface area contributed by atoms with Crippen LogP contribution < -0.4 is 10.6 Å². The van der Waals surface area contributed by atoms with E-state index in [1.165, 1.54) is 43.8 Å². The SMILES string of the molecule is COC(=O)c1cc(NC(=S)NC(=O)c2sc3cc(Cl)ccc3c2Cl)cc(C(=O)OC)c1. The van der Waals surface area contributed by atoms with Crippen molar-refractivity contribution in [3.63, 3.8) is 0 Å². The van der Waals surface area contributed by atoms with Gasteiger partial charge < -0.3 is 14.8 Å². The zero-order valence-corrected chi connectivity index (χ0v) is 19.2. The number of thiocarbonyl (C=S) groups is 1. The monoisotopic (exact) mass is 496 g/mol. The molecule has 0 aliphatic carbocycles. The molecule has 11 heteroatoms. The van der Waals surface area contributed by atoms with E-state index in [4.69, 9.17) is 44.9 Å². The highest BCUT2D eigenvalue weighted by Gasteiger charge is 2.19. The van der Waals surface area contributed by atoms with Crippen LogP contribution in [0.3, 0.4) is 0 Å². The summed E-state index contributed by atoms with van der Waals surface area (Å²) in [4.78, 5) is 36.7. The lowest BCUT2D eigenvalue weighted by Gasteiger charge is -2.12. The topological polar surface area (TPSA) is 93.7 Å². The number of benzene rings is 2. The first-order valence-corrected chi connectivity index (χ1v) is 10.5. The number of halogens is 2. The van der Waals surface area contributed by atoms with Crippen LogP contribution in [0.5, 0.6) is 0 Å². The summed E-state index contributed by atoms with van der Waals surface area (Å²) >= 11 is 18.7. The van der Waals surface area contributed by atoms with E-state index in [1.807, 2.05) is 0 Å². The molecule has 1 heterocycles. The lowest BCUT2D eigenvalue weighted by molar-refractivity contribution is 0.0599. The maximum absolute atomic E-state index is 12.7. The molecule has 1 aromatic heterocycles. The van der Waals surface area contributed by atoms with Crippen LogP contribution in [0.2, 0.25) is 10.0 Å². The molecule has 0 spiro atoms. The van der Waals surface area contributed by atoms with Gasteiger partial charge in [-0.2, -0.15) is 0 Å². The molecular weight excluding hydrogens is 483 g/mol. The number of hydrogen-bond donors (Lipinski definition) is 2. The van der Waals surface area contributed by atoms with Gasteiger partial charge in [0.15, 0.2) is 5.11 Å². The maximum atomic E-state index is 12.7. The molecule has 0 saturated carbocycles. The molecule has 2 N–H and O–H groups in total. The molecule has 0 bridgehead atoms. The molecule has 0 atom stereocenters. The van der Waals surface area contributed by atoms with Crippen LogP contribution in [0, 0.1) is 0 Å². The van der Waals surface area contributed by atoms with Crippen molar-refractivity contribution in [1.82, 2.24) is 5.32 Å². The third-order valence-corrected chi connectivity index (χ3v) is 6.15. The van der Waals surface area contributed by atoms with Crippen LogP contribution in [-0.4, -0.2) is 37.2 Å². The van der Waals surface area contributed by atoms with Gasteiger partial charge >= 0.3 is 11.9 Å². The molecule has 3 aromatic rings. The number of carbonyl (C=O) groups excluding carboxylic acids is 3. The highest BCUT2D eigenvalue weighted by molar-refractivity contribution is 7.80. The lowest BCUT2D eigenvalue weighted by Crippen LogP contribution is -2.33. The van der Waals surface area contributed by atoms with Crippen LogP contribution in [0.1, 0.15) is 30.4 Å². The Morgan fingerprint density at radius 3 is 2.16 bits per heavy atom. The Bertz CT molecular complexity index is 1190. The minimum atomic E-state index is -0.653. The van der Waals surface area contributed by atoms with Gasteiger partial charge in [-0.15, -0.1) is 11.3 Å². The summed E-state index contributed by atoms with van der Waals surface area (Å²) < 4.78 is 10.1. The van der Waals surface area contributed by atoms with E-state index in [0.717, 1.165) is 4.70 Å². The first-order chi connectivity index (χ1) is 14.7. The van der Waals surface area contributed by atoms with Crippen molar-refractivity contribution in [1.29, 1.82) is 0 Å². The molecule has 0 unspecified atom stereocenters. The van der Waals surface area contributed by atoms with Crippen LogP contribution in [0.4, 0.5) is 5.69 Å². The second kappa shape index (κ2) is 9.61. The van der Waals surface area contributed by atoms with Gasteiger partial charge in [-0.3, -0.25) is 10.1 Å². The number of carbonyl (C=O) groups is 3. The zero-order chi connectivity index (χ0) is 22.7. The zero-order valence-electron chi connectivity index (χ0n) is 16.1. The molecule has 1 amide bonds. The van der Waals surface area contributed by atoms with Crippen molar-refractivity contribution in [2.24, 2.45) is 0 Å². The molecule has 2 aromatic carbocycles. The van der Waals surface area contributed by atoms with Gasteiger partial charge in [0.1, 0.15) is 4.88 Å². The normalized spacial score (nSPS) is 10.5. The predicted molar refractivity (Wildman–Crippen MR) is 125 cm³/mol. The largest absolute Gasteiger partial charge is 0.465 e. The number of esters is 2. The van der Waals surface area contributed by atoms with E-state index in [0.29, 0.717) is 10.4 Å². The Balaban J connectivity index is 1.81. The quantitative estimate of drug-likeness (QED) is 0.391. The number of thiophene rings is 1. The summed E-state index contributed by atoms with van der Waals surface area (Å²) in [6, 6.07) is 9.30. The minimum absolute atomic E-state index is 0.0608. The van der Waals surface area contributed by atoms with Crippen molar-refractivity contribution in [3.05, 3.63) is 62.4 Å². The Kier molecular flexibility index (Phi) is 7.11. The smallest absolute Gasteiger partial charge is 0.337 e. The molecule has 7 nitrogen and oxygen atoms in total. The number of fused-ring (bicyclic) bond motifs is 1. The standard InChI is InChI=1S/C20H14Cl2N2O5S2/c1-28-18(26)9-5-10(19(27)29-2)7-12(6-9)23-20(30)24-17(25)16-15(22)13-4-3-11(21)8-14(13)31-16/h3-8H,1-2H3,(H2,23,24,25,30). The molecule has 0 fully saturated rings. The van der Waals surface area contributed by atoms with Crippen LogP contribution in [-0.2, 0) is 9.47 Å². The van der Waals surface area contributed by atoms with E-state index < -0.39 is 17.8 Å². The van der Waals surface area contributed by atoms with E-state index in [2.05, 4.69) is 10.6 Å². The predicted octanol–water partition coefficient (Wildman–Crippen LogP) is 4.91. The van der Waals surface area contributed by atoms with Gasteiger partial charge in [0, 0.05) is 20.8 Å². The molecule has 0 aliphatic heterocycles. The molecule has 31 heavy (non-hydrogen) atoms. The first-order valence-electron chi connectivity index (χ1n) is 8.55. The van der Waals surface area contributed by atoms with Gasteiger partial charge in [0.25, 0.3) is 5.91 Å².